The number of hydrogen-bond acceptors (Lipinski definition) is 2. The van der Waals surface area contributed by atoms with E-state index >= 15 is 0 Å². The van der Waals surface area contributed by atoms with E-state index in [0.29, 0.717) is 11.8 Å². The summed E-state index contributed by atoms with van der Waals surface area (Å²) in [5.74, 6) is 0.996. The van der Waals surface area contributed by atoms with Gasteiger partial charge in [0.2, 0.25) is 0 Å². The zero-order valence-electron chi connectivity index (χ0n) is 16.6. The molecule has 2 aromatic rings. The van der Waals surface area contributed by atoms with Crippen molar-refractivity contribution in [2.24, 2.45) is 17.8 Å². The van der Waals surface area contributed by atoms with E-state index in [-0.39, 0.29) is 11.7 Å². The predicted molar refractivity (Wildman–Crippen MR) is 112 cm³/mol. The highest BCUT2D eigenvalue weighted by Crippen LogP contribution is 2.51. The number of aromatic nitrogens is 1. The lowest BCUT2D eigenvalue weighted by Crippen LogP contribution is -2.48. The Morgan fingerprint density at radius 3 is 2.79 bits per heavy atom. The smallest absolute Gasteiger partial charge is 0.405 e. The molecule has 0 bridgehead atoms. The van der Waals surface area contributed by atoms with Crippen LogP contribution >= 0.6 is 0 Å². The van der Waals surface area contributed by atoms with E-state index in [0.717, 1.165) is 29.7 Å². The van der Waals surface area contributed by atoms with Crippen molar-refractivity contribution in [3.8, 4) is 11.1 Å². The zero-order valence-corrected chi connectivity index (χ0v) is 16.6. The number of pyridine rings is 1. The largest absolute Gasteiger partial charge is 0.465 e. The van der Waals surface area contributed by atoms with Crippen LogP contribution in [0.3, 0.4) is 0 Å². The molecule has 2 aliphatic rings. The standard InChI is InChI=1S/C24H27FN2O2/c1-24(27-23(28)29)14-17-5-2-3-8-21(17)22(24)12-11-20-10-9-18(15-26-20)16-6-4-7-19(25)13-16/h4,6-7,9-13,15,17,21-22,27H,2-3,5,8,14H2,1H3,(H,28,29)/t17-,21-,22+,24+/m1/s1. The summed E-state index contributed by atoms with van der Waals surface area (Å²) in [5, 5.41) is 12.2. The second-order valence-electron chi connectivity index (χ2n) is 8.63. The second kappa shape index (κ2) is 7.97. The number of nitrogens with zero attached hydrogens (tertiary/aromatic N) is 1. The molecule has 152 valence electrons. The Bertz CT molecular complexity index is 911. The molecular formula is C24H27FN2O2. The SMILES string of the molecule is C[C@]1(NC(=O)O)C[C@H]2CCCC[C@H]2[C@@H]1C=Cc1ccc(-c2cccc(F)c2)cn1. The van der Waals surface area contributed by atoms with Crippen molar-refractivity contribution in [2.75, 3.05) is 0 Å². The lowest BCUT2D eigenvalue weighted by Gasteiger charge is -2.33. The molecule has 2 aliphatic carbocycles. The molecular weight excluding hydrogens is 367 g/mol. The highest BCUT2D eigenvalue weighted by atomic mass is 19.1. The maximum Gasteiger partial charge on any atom is 0.405 e. The second-order valence-corrected chi connectivity index (χ2v) is 8.63. The summed E-state index contributed by atoms with van der Waals surface area (Å²) >= 11 is 0. The van der Waals surface area contributed by atoms with Crippen LogP contribution in [0.15, 0.2) is 48.7 Å². The number of rotatable bonds is 4. The molecule has 1 aromatic heterocycles. The summed E-state index contributed by atoms with van der Waals surface area (Å²) in [7, 11) is 0. The fraction of sp³-hybridized carbons (Fsp3) is 0.417. The molecule has 1 amide bonds. The molecule has 0 unspecified atom stereocenters. The van der Waals surface area contributed by atoms with Crippen LogP contribution in [-0.4, -0.2) is 21.7 Å². The third-order valence-electron chi connectivity index (χ3n) is 6.66. The van der Waals surface area contributed by atoms with Crippen LogP contribution < -0.4 is 5.32 Å². The minimum atomic E-state index is -0.956. The van der Waals surface area contributed by atoms with E-state index in [1.165, 1.54) is 31.4 Å². The Kier molecular flexibility index (Phi) is 5.39. The third-order valence-corrected chi connectivity index (χ3v) is 6.66. The van der Waals surface area contributed by atoms with Crippen LogP contribution in [0.25, 0.3) is 17.2 Å². The minimum Gasteiger partial charge on any atom is -0.465 e. The first-order valence-corrected chi connectivity index (χ1v) is 10.4. The molecule has 4 nitrogen and oxygen atoms in total. The molecule has 2 saturated carbocycles. The van der Waals surface area contributed by atoms with Crippen LogP contribution in [0, 0.1) is 23.6 Å². The van der Waals surface area contributed by atoms with Gasteiger partial charge in [-0.15, -0.1) is 0 Å². The Morgan fingerprint density at radius 1 is 1.24 bits per heavy atom. The maximum atomic E-state index is 13.4. The van der Waals surface area contributed by atoms with Crippen molar-refractivity contribution in [2.45, 2.75) is 44.6 Å². The molecule has 4 atom stereocenters. The van der Waals surface area contributed by atoms with Crippen LogP contribution in [0.4, 0.5) is 9.18 Å². The number of fused-ring (bicyclic) bond motifs is 1. The van der Waals surface area contributed by atoms with Gasteiger partial charge in [0.1, 0.15) is 5.82 Å². The normalized spacial score (nSPS) is 29.0. The molecule has 5 heteroatoms. The van der Waals surface area contributed by atoms with E-state index < -0.39 is 11.6 Å². The number of amides is 1. The number of carbonyl (C=O) groups is 1. The third kappa shape index (κ3) is 4.19. The Morgan fingerprint density at radius 2 is 2.07 bits per heavy atom. The number of hydrogen-bond donors (Lipinski definition) is 2. The van der Waals surface area contributed by atoms with Gasteiger partial charge in [-0.05, 0) is 61.4 Å². The van der Waals surface area contributed by atoms with Crippen molar-refractivity contribution in [1.29, 1.82) is 0 Å². The first kappa shape index (κ1) is 19.6. The highest BCUT2D eigenvalue weighted by molar-refractivity contribution is 5.66. The summed E-state index contributed by atoms with van der Waals surface area (Å²) in [6.45, 7) is 2.04. The van der Waals surface area contributed by atoms with E-state index in [1.54, 1.807) is 12.3 Å². The van der Waals surface area contributed by atoms with Crippen molar-refractivity contribution >= 4 is 12.2 Å². The van der Waals surface area contributed by atoms with Crippen LogP contribution in [-0.2, 0) is 0 Å². The molecule has 4 rings (SSSR count). The summed E-state index contributed by atoms with van der Waals surface area (Å²) in [5.41, 5.74) is 2.05. The van der Waals surface area contributed by atoms with Gasteiger partial charge in [-0.1, -0.05) is 43.5 Å². The fourth-order valence-corrected chi connectivity index (χ4v) is 5.39. The van der Waals surface area contributed by atoms with Gasteiger partial charge in [-0.2, -0.15) is 0 Å². The topological polar surface area (TPSA) is 62.2 Å². The zero-order chi connectivity index (χ0) is 20.4. The van der Waals surface area contributed by atoms with E-state index in [4.69, 9.17) is 0 Å². The summed E-state index contributed by atoms with van der Waals surface area (Å²) < 4.78 is 13.4. The van der Waals surface area contributed by atoms with Gasteiger partial charge in [-0.25, -0.2) is 9.18 Å². The quantitative estimate of drug-likeness (QED) is 0.694. The molecule has 0 aliphatic heterocycles. The molecule has 29 heavy (non-hydrogen) atoms. The molecule has 1 heterocycles. The summed E-state index contributed by atoms with van der Waals surface area (Å²) in [6.07, 6.45) is 10.6. The van der Waals surface area contributed by atoms with Gasteiger partial charge in [0.15, 0.2) is 0 Å². The molecule has 1 aromatic carbocycles. The van der Waals surface area contributed by atoms with Crippen LogP contribution in [0.1, 0.15) is 44.7 Å². The van der Waals surface area contributed by atoms with Gasteiger partial charge in [0.05, 0.1) is 5.69 Å². The number of nitrogens with one attached hydrogen (secondary N) is 1. The van der Waals surface area contributed by atoms with Crippen molar-refractivity contribution in [1.82, 2.24) is 10.3 Å². The predicted octanol–water partition coefficient (Wildman–Crippen LogP) is 5.75. The molecule has 2 fully saturated rings. The van der Waals surface area contributed by atoms with E-state index in [1.807, 2.05) is 31.2 Å². The number of carboxylic acid groups (broad SMARTS) is 1. The molecule has 2 N–H and O–H groups in total. The lowest BCUT2D eigenvalue weighted by molar-refractivity contribution is 0.171. The maximum absolute atomic E-state index is 13.4. The molecule has 0 saturated heterocycles. The Balaban J connectivity index is 1.55. The Hall–Kier alpha value is -2.69. The monoisotopic (exact) mass is 394 g/mol. The van der Waals surface area contributed by atoms with Crippen LogP contribution in [0.2, 0.25) is 0 Å². The fourth-order valence-electron chi connectivity index (χ4n) is 5.39. The van der Waals surface area contributed by atoms with Crippen LogP contribution in [0.5, 0.6) is 0 Å². The van der Waals surface area contributed by atoms with E-state index in [2.05, 4.69) is 16.4 Å². The average molecular weight is 394 g/mol. The van der Waals surface area contributed by atoms with E-state index in [9.17, 15) is 14.3 Å². The highest BCUT2D eigenvalue weighted by Gasteiger charge is 2.50. The van der Waals surface area contributed by atoms with Crippen molar-refractivity contribution < 1.29 is 14.3 Å². The molecule has 0 spiro atoms. The van der Waals surface area contributed by atoms with Gasteiger partial charge in [-0.3, -0.25) is 4.98 Å². The molecule has 0 radical (unpaired) electrons. The van der Waals surface area contributed by atoms with Crippen molar-refractivity contribution in [3.05, 3.63) is 60.2 Å². The van der Waals surface area contributed by atoms with Gasteiger partial charge in [0, 0.05) is 23.2 Å². The Labute approximate surface area is 170 Å². The first-order valence-electron chi connectivity index (χ1n) is 10.4. The van der Waals surface area contributed by atoms with Gasteiger partial charge < -0.3 is 10.4 Å². The minimum absolute atomic E-state index is 0.161. The van der Waals surface area contributed by atoms with Crippen molar-refractivity contribution in [3.63, 3.8) is 0 Å². The number of benzene rings is 1. The van der Waals surface area contributed by atoms with Gasteiger partial charge in [0.25, 0.3) is 0 Å². The summed E-state index contributed by atoms with van der Waals surface area (Å²) in [6, 6.07) is 10.3. The average Bonchev–Trinajstić information content (AvgIpc) is 2.97. The number of halogens is 1. The lowest BCUT2D eigenvalue weighted by atomic mass is 9.76. The first-order chi connectivity index (χ1) is 13.9. The van der Waals surface area contributed by atoms with Gasteiger partial charge >= 0.3 is 6.09 Å². The summed E-state index contributed by atoms with van der Waals surface area (Å²) in [4.78, 5) is 15.9.